The number of nitrogens with two attached hydrogens (primary N) is 1. The summed E-state index contributed by atoms with van der Waals surface area (Å²) < 4.78 is 22.7. The number of thiazole rings is 2. The van der Waals surface area contributed by atoms with Gasteiger partial charge in [-0.1, -0.05) is 11.3 Å². The summed E-state index contributed by atoms with van der Waals surface area (Å²) >= 11 is 2.83. The van der Waals surface area contributed by atoms with Crippen LogP contribution in [-0.2, 0) is 10.0 Å². The molecule has 0 spiro atoms. The molecule has 0 unspecified atom stereocenters. The average molecular weight is 360 g/mol. The molecule has 1 fully saturated rings. The molecule has 1 saturated heterocycles. The van der Waals surface area contributed by atoms with Gasteiger partial charge in [-0.15, -0.1) is 11.3 Å². The minimum absolute atomic E-state index is 0.108. The van der Waals surface area contributed by atoms with Crippen molar-refractivity contribution in [1.29, 1.82) is 0 Å². The Morgan fingerprint density at radius 3 is 2.14 bits per heavy atom. The predicted molar refractivity (Wildman–Crippen MR) is 89.5 cm³/mol. The normalized spacial score (nSPS) is 16.3. The number of sulfonamides is 1. The lowest BCUT2D eigenvalue weighted by molar-refractivity contribution is 0.599. The maximum atomic E-state index is 11.3. The van der Waals surface area contributed by atoms with E-state index < -0.39 is 10.0 Å². The fourth-order valence-electron chi connectivity index (χ4n) is 2.21. The van der Waals surface area contributed by atoms with Gasteiger partial charge in [-0.3, -0.25) is 0 Å². The second kappa shape index (κ2) is 5.76. The van der Waals surface area contributed by atoms with Gasteiger partial charge in [-0.05, 0) is 13.8 Å². The van der Waals surface area contributed by atoms with E-state index in [-0.39, 0.29) is 4.21 Å². The van der Waals surface area contributed by atoms with Gasteiger partial charge in [-0.25, -0.2) is 23.5 Å². The van der Waals surface area contributed by atoms with Crippen LogP contribution < -0.4 is 14.9 Å². The molecule has 1 aliphatic heterocycles. The van der Waals surface area contributed by atoms with Gasteiger partial charge in [0.25, 0.3) is 0 Å². The molecule has 2 aromatic rings. The third-order valence-electron chi connectivity index (χ3n) is 3.59. The zero-order chi connectivity index (χ0) is 15.9. The Bertz CT molecular complexity index is 755. The van der Waals surface area contributed by atoms with Crippen molar-refractivity contribution < 1.29 is 8.42 Å². The van der Waals surface area contributed by atoms with Gasteiger partial charge < -0.3 is 9.80 Å². The van der Waals surface area contributed by atoms with Crippen molar-refractivity contribution in [3.05, 3.63) is 16.8 Å². The Balaban J connectivity index is 1.68. The summed E-state index contributed by atoms with van der Waals surface area (Å²) in [7, 11) is -3.67. The molecule has 0 bridgehead atoms. The summed E-state index contributed by atoms with van der Waals surface area (Å²) in [5.41, 5.74) is 1.08. The summed E-state index contributed by atoms with van der Waals surface area (Å²) in [4.78, 5) is 14.4. The number of primary sulfonamides is 1. The molecule has 0 aromatic carbocycles. The van der Waals surface area contributed by atoms with Crippen LogP contribution in [0.3, 0.4) is 0 Å². The molecule has 0 atom stereocenters. The molecule has 1 aliphatic rings. The molecule has 3 heterocycles. The number of hydrogen-bond donors (Lipinski definition) is 1. The summed E-state index contributed by atoms with van der Waals surface area (Å²) in [5, 5.41) is 6.88. The molecule has 2 aromatic heterocycles. The Morgan fingerprint density at radius 1 is 1.09 bits per heavy atom. The largest absolute Gasteiger partial charge is 0.345 e. The Hall–Kier alpha value is -1.23. The fourth-order valence-corrected chi connectivity index (χ4v) is 4.76. The van der Waals surface area contributed by atoms with Crippen LogP contribution in [0.1, 0.15) is 10.6 Å². The maximum absolute atomic E-state index is 11.3. The monoisotopic (exact) mass is 359 g/mol. The van der Waals surface area contributed by atoms with Crippen LogP contribution >= 0.6 is 22.7 Å². The number of piperazine rings is 1. The van der Waals surface area contributed by atoms with Crippen molar-refractivity contribution in [2.75, 3.05) is 36.0 Å². The molecule has 10 heteroatoms. The Kier molecular flexibility index (Phi) is 4.10. The smallest absolute Gasteiger partial charge is 0.249 e. The van der Waals surface area contributed by atoms with Crippen molar-refractivity contribution in [1.82, 2.24) is 9.97 Å². The highest BCUT2D eigenvalue weighted by atomic mass is 32.2. The Morgan fingerprint density at radius 2 is 1.68 bits per heavy atom. The van der Waals surface area contributed by atoms with E-state index >= 15 is 0 Å². The molecular formula is C12H17N5O2S3. The molecule has 2 N–H and O–H groups in total. The molecular weight excluding hydrogens is 342 g/mol. The fraction of sp³-hybridized carbons (Fsp3) is 0.500. The highest BCUT2D eigenvalue weighted by molar-refractivity contribution is 7.91. The molecule has 0 radical (unpaired) electrons. The van der Waals surface area contributed by atoms with Crippen LogP contribution in [0.5, 0.6) is 0 Å². The van der Waals surface area contributed by atoms with E-state index in [1.807, 2.05) is 6.92 Å². The van der Waals surface area contributed by atoms with E-state index in [9.17, 15) is 8.42 Å². The molecule has 22 heavy (non-hydrogen) atoms. The molecule has 0 aliphatic carbocycles. The number of nitrogens with zero attached hydrogens (tertiary/aromatic N) is 4. The topological polar surface area (TPSA) is 92.4 Å². The number of aryl methyl sites for hydroxylation is 2. The van der Waals surface area contributed by atoms with E-state index in [1.165, 1.54) is 11.1 Å². The van der Waals surface area contributed by atoms with Crippen LogP contribution in [0.25, 0.3) is 0 Å². The standard InChI is InChI=1S/C12H17N5O2S3/c1-8-9(2)20-12(15-8)17-5-3-16(4-6-17)11-14-7-10(21-11)22(13,18)19/h7H,3-6H2,1-2H3,(H2,13,18,19). The summed E-state index contributed by atoms with van der Waals surface area (Å²) in [6.07, 6.45) is 1.33. The van der Waals surface area contributed by atoms with Crippen LogP contribution in [0.15, 0.2) is 10.4 Å². The lowest BCUT2D eigenvalue weighted by atomic mass is 10.3. The van der Waals surface area contributed by atoms with E-state index in [0.717, 1.165) is 48.3 Å². The van der Waals surface area contributed by atoms with Gasteiger partial charge in [0.2, 0.25) is 10.0 Å². The molecule has 0 saturated carbocycles. The molecule has 120 valence electrons. The summed E-state index contributed by atoms with van der Waals surface area (Å²) in [6, 6.07) is 0. The quantitative estimate of drug-likeness (QED) is 0.885. The van der Waals surface area contributed by atoms with Crippen LogP contribution in [0, 0.1) is 13.8 Å². The zero-order valence-corrected chi connectivity index (χ0v) is 14.8. The minimum atomic E-state index is -3.67. The third kappa shape index (κ3) is 3.09. The van der Waals surface area contributed by atoms with Gasteiger partial charge >= 0.3 is 0 Å². The molecule has 3 rings (SSSR count). The van der Waals surface area contributed by atoms with Gasteiger partial charge in [0.1, 0.15) is 0 Å². The van der Waals surface area contributed by atoms with Crippen molar-refractivity contribution in [3.63, 3.8) is 0 Å². The molecule has 0 amide bonds. The first-order valence-electron chi connectivity index (χ1n) is 6.77. The second-order valence-corrected chi connectivity index (χ2v) is 9.10. The first kappa shape index (κ1) is 15.7. The Labute approximate surface area is 137 Å². The number of aromatic nitrogens is 2. The van der Waals surface area contributed by atoms with Crippen molar-refractivity contribution in [3.8, 4) is 0 Å². The van der Waals surface area contributed by atoms with Crippen LogP contribution in [0.2, 0.25) is 0 Å². The van der Waals surface area contributed by atoms with E-state index in [4.69, 9.17) is 5.14 Å². The van der Waals surface area contributed by atoms with E-state index in [0.29, 0.717) is 5.13 Å². The van der Waals surface area contributed by atoms with Crippen LogP contribution in [0.4, 0.5) is 10.3 Å². The highest BCUT2D eigenvalue weighted by Gasteiger charge is 2.23. The third-order valence-corrected chi connectivity index (χ3v) is 7.19. The van der Waals surface area contributed by atoms with Crippen molar-refractivity contribution in [2.45, 2.75) is 18.1 Å². The number of hydrogen-bond acceptors (Lipinski definition) is 8. The molecule has 7 nitrogen and oxygen atoms in total. The van der Waals surface area contributed by atoms with Crippen LogP contribution in [-0.4, -0.2) is 44.6 Å². The van der Waals surface area contributed by atoms with Gasteiger partial charge in [0, 0.05) is 31.1 Å². The highest BCUT2D eigenvalue weighted by Crippen LogP contribution is 2.29. The van der Waals surface area contributed by atoms with E-state index in [2.05, 4.69) is 26.7 Å². The van der Waals surface area contributed by atoms with Crippen molar-refractivity contribution >= 4 is 43.0 Å². The minimum Gasteiger partial charge on any atom is -0.345 e. The lowest BCUT2D eigenvalue weighted by Gasteiger charge is -2.34. The van der Waals surface area contributed by atoms with Gasteiger partial charge in [-0.2, -0.15) is 0 Å². The summed E-state index contributed by atoms with van der Waals surface area (Å²) in [6.45, 7) is 7.37. The lowest BCUT2D eigenvalue weighted by Crippen LogP contribution is -2.46. The van der Waals surface area contributed by atoms with E-state index in [1.54, 1.807) is 11.3 Å². The SMILES string of the molecule is Cc1nc(N2CCN(c3ncc(S(N)(=O)=O)s3)CC2)sc1C. The predicted octanol–water partition coefficient (Wildman–Crippen LogP) is 1.19. The van der Waals surface area contributed by atoms with Gasteiger partial charge in [0.05, 0.1) is 11.9 Å². The number of anilines is 2. The first-order valence-corrected chi connectivity index (χ1v) is 9.95. The average Bonchev–Trinajstić information content (AvgIpc) is 3.07. The zero-order valence-electron chi connectivity index (χ0n) is 12.3. The number of rotatable bonds is 3. The summed E-state index contributed by atoms with van der Waals surface area (Å²) in [5.74, 6) is 0. The second-order valence-electron chi connectivity index (χ2n) is 5.12. The first-order chi connectivity index (χ1) is 10.3. The maximum Gasteiger partial charge on any atom is 0.249 e. The van der Waals surface area contributed by atoms with Gasteiger partial charge in [0.15, 0.2) is 14.5 Å². The van der Waals surface area contributed by atoms with Crippen molar-refractivity contribution in [2.24, 2.45) is 5.14 Å².